The average molecular weight is 309 g/mol. The largest absolute Gasteiger partial charge is 0.398 e. The maximum atomic E-state index is 12.5. The number of anilines is 2. The Morgan fingerprint density at radius 2 is 2.00 bits per heavy atom. The van der Waals surface area contributed by atoms with Gasteiger partial charge < -0.3 is 16.0 Å². The van der Waals surface area contributed by atoms with Crippen molar-refractivity contribution < 1.29 is 4.79 Å². The van der Waals surface area contributed by atoms with Crippen LogP contribution in [-0.2, 0) is 17.8 Å². The number of rotatable bonds is 4. The van der Waals surface area contributed by atoms with Crippen LogP contribution in [0.1, 0.15) is 24.5 Å². The minimum absolute atomic E-state index is 0.0455. The summed E-state index contributed by atoms with van der Waals surface area (Å²) < 4.78 is 0. The first-order valence-electron chi connectivity index (χ1n) is 8.12. The fourth-order valence-electron chi connectivity index (χ4n) is 3.16. The first-order valence-corrected chi connectivity index (χ1v) is 8.12. The quantitative estimate of drug-likeness (QED) is 0.854. The molecule has 0 spiro atoms. The highest BCUT2D eigenvalue weighted by Crippen LogP contribution is 2.32. The van der Waals surface area contributed by atoms with Crippen LogP contribution in [0.5, 0.6) is 0 Å². The van der Waals surface area contributed by atoms with Crippen LogP contribution in [0.4, 0.5) is 11.4 Å². The second-order valence-electron chi connectivity index (χ2n) is 6.02. The van der Waals surface area contributed by atoms with Crippen LogP contribution >= 0.6 is 0 Å². The number of nitrogens with zero attached hydrogens (tertiary/aromatic N) is 1. The van der Waals surface area contributed by atoms with Gasteiger partial charge >= 0.3 is 0 Å². The Labute approximate surface area is 137 Å². The molecule has 0 bridgehead atoms. The molecule has 3 N–H and O–H groups in total. The summed E-state index contributed by atoms with van der Waals surface area (Å²) in [6.45, 7) is 3.40. The van der Waals surface area contributed by atoms with Crippen molar-refractivity contribution in [1.82, 2.24) is 5.32 Å². The molecule has 1 heterocycles. The molecule has 1 aliphatic rings. The van der Waals surface area contributed by atoms with Crippen LogP contribution < -0.4 is 16.0 Å². The molecule has 1 atom stereocenters. The molecule has 4 nitrogen and oxygen atoms in total. The lowest BCUT2D eigenvalue weighted by Crippen LogP contribution is -2.47. The molecular formula is C19H23N3O. The zero-order chi connectivity index (χ0) is 16.2. The van der Waals surface area contributed by atoms with Crippen molar-refractivity contribution in [3.63, 3.8) is 0 Å². The molecule has 120 valence electrons. The van der Waals surface area contributed by atoms with E-state index in [4.69, 9.17) is 5.73 Å². The van der Waals surface area contributed by atoms with Gasteiger partial charge in [-0.1, -0.05) is 36.4 Å². The van der Waals surface area contributed by atoms with E-state index in [1.807, 2.05) is 49.4 Å². The lowest BCUT2D eigenvalue weighted by Gasteiger charge is -2.36. The smallest absolute Gasteiger partial charge is 0.242 e. The summed E-state index contributed by atoms with van der Waals surface area (Å²) in [6, 6.07) is 15.7. The van der Waals surface area contributed by atoms with Crippen LogP contribution in [0.15, 0.2) is 48.5 Å². The zero-order valence-electron chi connectivity index (χ0n) is 13.5. The second kappa shape index (κ2) is 6.73. The molecule has 3 rings (SSSR count). The molecule has 4 heteroatoms. The van der Waals surface area contributed by atoms with Crippen LogP contribution in [0.2, 0.25) is 0 Å². The van der Waals surface area contributed by atoms with Gasteiger partial charge in [-0.25, -0.2) is 0 Å². The van der Waals surface area contributed by atoms with Gasteiger partial charge in [0.1, 0.15) is 6.04 Å². The summed E-state index contributed by atoms with van der Waals surface area (Å²) in [7, 11) is 0. The highest BCUT2D eigenvalue weighted by molar-refractivity contribution is 5.86. The third-order valence-electron chi connectivity index (χ3n) is 4.48. The number of amides is 1. The second-order valence-corrected chi connectivity index (χ2v) is 6.02. The Kier molecular flexibility index (Phi) is 4.51. The number of fused-ring (bicyclic) bond motifs is 1. The Morgan fingerprint density at radius 1 is 1.22 bits per heavy atom. The monoisotopic (exact) mass is 309 g/mol. The predicted octanol–water partition coefficient (Wildman–Crippen LogP) is 2.73. The first-order chi connectivity index (χ1) is 11.2. The Morgan fingerprint density at radius 3 is 2.78 bits per heavy atom. The van der Waals surface area contributed by atoms with E-state index in [0.717, 1.165) is 36.3 Å². The van der Waals surface area contributed by atoms with Gasteiger partial charge in [0.15, 0.2) is 0 Å². The van der Waals surface area contributed by atoms with Crippen molar-refractivity contribution in [2.45, 2.75) is 32.4 Å². The van der Waals surface area contributed by atoms with Gasteiger partial charge in [0.25, 0.3) is 0 Å². The molecule has 2 aromatic rings. The fraction of sp³-hybridized carbons (Fsp3) is 0.316. The third-order valence-corrected chi connectivity index (χ3v) is 4.48. The molecule has 2 aromatic carbocycles. The standard InChI is InChI=1S/C19H23N3O/c1-14(19(23)21-13-15-7-3-2-4-8-15)22-12-6-9-16-17(20)10-5-11-18(16)22/h2-5,7-8,10-11,14H,6,9,12-13,20H2,1H3,(H,21,23). The van der Waals surface area contributed by atoms with Gasteiger partial charge in [0.2, 0.25) is 5.91 Å². The molecule has 1 amide bonds. The molecule has 1 aliphatic heterocycles. The number of benzene rings is 2. The van der Waals surface area contributed by atoms with Crippen LogP contribution in [-0.4, -0.2) is 18.5 Å². The van der Waals surface area contributed by atoms with E-state index in [0.29, 0.717) is 6.54 Å². The number of nitrogens with one attached hydrogen (secondary N) is 1. The van der Waals surface area contributed by atoms with Gasteiger partial charge in [0.05, 0.1) is 0 Å². The summed E-state index contributed by atoms with van der Waals surface area (Å²) >= 11 is 0. The van der Waals surface area contributed by atoms with Crippen molar-refractivity contribution in [3.8, 4) is 0 Å². The van der Waals surface area contributed by atoms with Crippen LogP contribution in [0, 0.1) is 0 Å². The minimum Gasteiger partial charge on any atom is -0.398 e. The summed E-state index contributed by atoms with van der Waals surface area (Å²) in [6.07, 6.45) is 2.01. The maximum Gasteiger partial charge on any atom is 0.242 e. The van der Waals surface area contributed by atoms with Gasteiger partial charge in [-0.15, -0.1) is 0 Å². The minimum atomic E-state index is -0.209. The summed E-state index contributed by atoms with van der Waals surface area (Å²) in [5, 5.41) is 3.03. The predicted molar refractivity (Wildman–Crippen MR) is 94.3 cm³/mol. The number of hydrogen-bond donors (Lipinski definition) is 2. The topological polar surface area (TPSA) is 58.4 Å². The average Bonchev–Trinajstić information content (AvgIpc) is 2.60. The van der Waals surface area contributed by atoms with E-state index in [1.54, 1.807) is 0 Å². The zero-order valence-corrected chi connectivity index (χ0v) is 13.5. The lowest BCUT2D eigenvalue weighted by molar-refractivity contribution is -0.122. The molecular weight excluding hydrogens is 286 g/mol. The molecule has 0 saturated heterocycles. The normalized spacial score (nSPS) is 14.9. The number of nitrogen functional groups attached to an aromatic ring is 1. The van der Waals surface area contributed by atoms with Gasteiger partial charge in [0, 0.05) is 24.5 Å². The van der Waals surface area contributed by atoms with E-state index in [1.165, 1.54) is 5.56 Å². The number of hydrogen-bond acceptors (Lipinski definition) is 3. The molecule has 0 aliphatic carbocycles. The van der Waals surface area contributed by atoms with Crippen LogP contribution in [0.3, 0.4) is 0 Å². The van der Waals surface area contributed by atoms with Gasteiger partial charge in [-0.3, -0.25) is 4.79 Å². The van der Waals surface area contributed by atoms with E-state index < -0.39 is 0 Å². The fourth-order valence-corrected chi connectivity index (χ4v) is 3.16. The summed E-state index contributed by atoms with van der Waals surface area (Å²) in [4.78, 5) is 14.7. The van der Waals surface area contributed by atoms with Crippen molar-refractivity contribution in [2.75, 3.05) is 17.2 Å². The summed E-state index contributed by atoms with van der Waals surface area (Å²) in [5.74, 6) is 0.0455. The van der Waals surface area contributed by atoms with E-state index >= 15 is 0 Å². The molecule has 0 aromatic heterocycles. The van der Waals surface area contributed by atoms with E-state index in [9.17, 15) is 4.79 Å². The van der Waals surface area contributed by atoms with Crippen molar-refractivity contribution >= 4 is 17.3 Å². The highest BCUT2D eigenvalue weighted by atomic mass is 16.2. The molecule has 1 unspecified atom stereocenters. The first kappa shape index (κ1) is 15.4. The molecule has 0 saturated carbocycles. The van der Waals surface area contributed by atoms with Crippen LogP contribution in [0.25, 0.3) is 0 Å². The third kappa shape index (κ3) is 3.31. The highest BCUT2D eigenvalue weighted by Gasteiger charge is 2.26. The Balaban J connectivity index is 1.70. The van der Waals surface area contributed by atoms with Gasteiger partial charge in [-0.2, -0.15) is 0 Å². The number of carbonyl (C=O) groups is 1. The van der Waals surface area contributed by atoms with Crippen molar-refractivity contribution in [3.05, 3.63) is 59.7 Å². The van der Waals surface area contributed by atoms with Crippen molar-refractivity contribution in [1.29, 1.82) is 0 Å². The Hall–Kier alpha value is -2.49. The molecule has 0 radical (unpaired) electrons. The Bertz CT molecular complexity index is 684. The number of nitrogens with two attached hydrogens (primary N) is 1. The SMILES string of the molecule is CC(C(=O)NCc1ccccc1)N1CCCc2c(N)cccc21. The lowest BCUT2D eigenvalue weighted by atomic mass is 9.98. The molecule has 0 fully saturated rings. The maximum absolute atomic E-state index is 12.5. The van der Waals surface area contributed by atoms with Gasteiger partial charge in [-0.05, 0) is 43.0 Å². The summed E-state index contributed by atoms with van der Waals surface area (Å²) in [5.41, 5.74) is 10.3. The van der Waals surface area contributed by atoms with Crippen molar-refractivity contribution in [2.24, 2.45) is 0 Å². The van der Waals surface area contributed by atoms with E-state index in [-0.39, 0.29) is 11.9 Å². The molecule has 23 heavy (non-hydrogen) atoms. The van der Waals surface area contributed by atoms with E-state index in [2.05, 4.69) is 16.3 Å². The number of carbonyl (C=O) groups excluding carboxylic acids is 1.